The van der Waals surface area contributed by atoms with Gasteiger partial charge in [-0.2, -0.15) is 4.98 Å². The maximum Gasteiger partial charge on any atom is 0.276 e. The molecule has 0 aliphatic heterocycles. The maximum absolute atomic E-state index is 12.6. The molecule has 6 heteroatoms. The molecule has 2 aromatic rings. The van der Waals surface area contributed by atoms with Crippen molar-refractivity contribution in [2.24, 2.45) is 0 Å². The molecule has 1 unspecified atom stereocenters. The van der Waals surface area contributed by atoms with E-state index in [0.29, 0.717) is 11.5 Å². The van der Waals surface area contributed by atoms with Crippen LogP contribution in [0.5, 0.6) is 0 Å². The Morgan fingerprint density at radius 2 is 2.27 bits per heavy atom. The summed E-state index contributed by atoms with van der Waals surface area (Å²) in [4.78, 5) is 7.82. The highest BCUT2D eigenvalue weighted by molar-refractivity contribution is 6.20. The van der Waals surface area contributed by atoms with E-state index in [2.05, 4.69) is 15.1 Å². The highest BCUT2D eigenvalue weighted by Gasteiger charge is 2.13. The van der Waals surface area contributed by atoms with Crippen molar-refractivity contribution in [3.8, 4) is 11.6 Å². The van der Waals surface area contributed by atoms with Crippen molar-refractivity contribution in [2.45, 2.75) is 12.3 Å². The van der Waals surface area contributed by atoms with Crippen LogP contribution in [0.3, 0.4) is 0 Å². The molecule has 0 aliphatic carbocycles. The maximum atomic E-state index is 12.6. The van der Waals surface area contributed by atoms with Crippen LogP contribution in [0.25, 0.3) is 11.6 Å². The molecule has 0 aromatic carbocycles. The standard InChI is InChI=1S/C9H7ClFN3O/c1-5(10)8-13-9(15-14-8)7-3-2-6(11)4-12-7/h2-5H,1H3. The van der Waals surface area contributed by atoms with Crippen molar-refractivity contribution in [2.75, 3.05) is 0 Å². The van der Waals surface area contributed by atoms with Crippen LogP contribution in [0.4, 0.5) is 4.39 Å². The Kier molecular flexibility index (Phi) is 2.64. The minimum atomic E-state index is -0.413. The van der Waals surface area contributed by atoms with Crippen LogP contribution >= 0.6 is 11.6 Å². The normalized spacial score (nSPS) is 12.7. The number of nitrogens with zero attached hydrogens (tertiary/aromatic N) is 3. The van der Waals surface area contributed by atoms with Gasteiger partial charge in [0.25, 0.3) is 5.89 Å². The van der Waals surface area contributed by atoms with Gasteiger partial charge in [0.15, 0.2) is 5.82 Å². The average Bonchev–Trinajstić information content (AvgIpc) is 2.68. The van der Waals surface area contributed by atoms with Gasteiger partial charge in [-0.15, -0.1) is 11.6 Å². The summed E-state index contributed by atoms with van der Waals surface area (Å²) in [5, 5.41) is 3.33. The van der Waals surface area contributed by atoms with Gasteiger partial charge in [0, 0.05) is 0 Å². The minimum Gasteiger partial charge on any atom is -0.332 e. The largest absolute Gasteiger partial charge is 0.332 e. The lowest BCUT2D eigenvalue weighted by Gasteiger charge is -1.92. The Morgan fingerprint density at radius 1 is 1.47 bits per heavy atom. The average molecular weight is 228 g/mol. The van der Waals surface area contributed by atoms with Gasteiger partial charge in [0.1, 0.15) is 11.5 Å². The first-order chi connectivity index (χ1) is 7.16. The second-order valence-corrected chi connectivity index (χ2v) is 3.59. The van der Waals surface area contributed by atoms with Crippen LogP contribution in [-0.2, 0) is 0 Å². The van der Waals surface area contributed by atoms with E-state index < -0.39 is 5.82 Å². The van der Waals surface area contributed by atoms with Crippen LogP contribution in [0, 0.1) is 5.82 Å². The van der Waals surface area contributed by atoms with Crippen molar-refractivity contribution in [3.63, 3.8) is 0 Å². The molecule has 78 valence electrons. The molecule has 1 atom stereocenters. The van der Waals surface area contributed by atoms with Gasteiger partial charge >= 0.3 is 0 Å². The molecule has 2 heterocycles. The molecule has 2 rings (SSSR count). The SMILES string of the molecule is CC(Cl)c1noc(-c2ccc(F)cn2)n1. The number of aromatic nitrogens is 3. The van der Waals surface area contributed by atoms with Crippen LogP contribution in [-0.4, -0.2) is 15.1 Å². The Labute approximate surface area is 90.1 Å². The van der Waals surface area contributed by atoms with Crippen molar-refractivity contribution < 1.29 is 8.91 Å². The summed E-state index contributed by atoms with van der Waals surface area (Å²) in [5.41, 5.74) is 0.424. The van der Waals surface area contributed by atoms with E-state index in [1.54, 1.807) is 6.92 Å². The van der Waals surface area contributed by atoms with Gasteiger partial charge in [0.2, 0.25) is 0 Å². The molecule has 0 spiro atoms. The molecule has 15 heavy (non-hydrogen) atoms. The van der Waals surface area contributed by atoms with E-state index in [9.17, 15) is 4.39 Å². The molecule has 0 saturated heterocycles. The first kappa shape index (κ1) is 10.0. The number of hydrogen-bond donors (Lipinski definition) is 0. The van der Waals surface area contributed by atoms with E-state index in [1.807, 2.05) is 0 Å². The number of alkyl halides is 1. The highest BCUT2D eigenvalue weighted by atomic mass is 35.5. The van der Waals surface area contributed by atoms with E-state index in [-0.39, 0.29) is 11.3 Å². The van der Waals surface area contributed by atoms with Gasteiger partial charge in [-0.3, -0.25) is 0 Å². The smallest absolute Gasteiger partial charge is 0.276 e. The zero-order valence-electron chi connectivity index (χ0n) is 7.82. The van der Waals surface area contributed by atoms with Gasteiger partial charge < -0.3 is 4.52 Å². The Balaban J connectivity index is 2.33. The Bertz CT molecular complexity index is 455. The zero-order valence-corrected chi connectivity index (χ0v) is 8.57. The molecule has 0 N–H and O–H groups in total. The number of halogens is 2. The third kappa shape index (κ3) is 2.12. The predicted molar refractivity (Wildman–Crippen MR) is 51.8 cm³/mol. The van der Waals surface area contributed by atoms with E-state index in [4.69, 9.17) is 16.1 Å². The molecular formula is C9H7ClFN3O. The quantitative estimate of drug-likeness (QED) is 0.740. The van der Waals surface area contributed by atoms with Gasteiger partial charge in [0.05, 0.1) is 11.6 Å². The van der Waals surface area contributed by atoms with Crippen molar-refractivity contribution in [1.29, 1.82) is 0 Å². The first-order valence-electron chi connectivity index (χ1n) is 4.26. The summed E-state index contributed by atoms with van der Waals surface area (Å²) in [6.07, 6.45) is 1.09. The number of rotatable bonds is 2. The van der Waals surface area contributed by atoms with Crippen LogP contribution < -0.4 is 0 Å². The Hall–Kier alpha value is -1.49. The van der Waals surface area contributed by atoms with Gasteiger partial charge in [-0.25, -0.2) is 9.37 Å². The topological polar surface area (TPSA) is 51.8 Å². The monoisotopic (exact) mass is 227 g/mol. The molecule has 0 amide bonds. The number of pyridine rings is 1. The second kappa shape index (κ2) is 3.94. The first-order valence-corrected chi connectivity index (χ1v) is 4.70. The Morgan fingerprint density at radius 3 is 2.80 bits per heavy atom. The highest BCUT2D eigenvalue weighted by Crippen LogP contribution is 2.20. The van der Waals surface area contributed by atoms with Crippen LogP contribution in [0.1, 0.15) is 18.1 Å². The molecular weight excluding hydrogens is 221 g/mol. The molecule has 2 aromatic heterocycles. The molecule has 0 aliphatic rings. The summed E-state index contributed by atoms with van der Waals surface area (Å²) < 4.78 is 17.5. The lowest BCUT2D eigenvalue weighted by atomic mass is 10.3. The summed E-state index contributed by atoms with van der Waals surface area (Å²) in [6.45, 7) is 1.73. The number of hydrogen-bond acceptors (Lipinski definition) is 4. The fourth-order valence-electron chi connectivity index (χ4n) is 1.00. The predicted octanol–water partition coefficient (Wildman–Crippen LogP) is 2.57. The van der Waals surface area contributed by atoms with E-state index in [0.717, 1.165) is 6.20 Å². The minimum absolute atomic E-state index is 0.234. The second-order valence-electron chi connectivity index (χ2n) is 2.94. The zero-order chi connectivity index (χ0) is 10.8. The fraction of sp³-hybridized carbons (Fsp3) is 0.222. The van der Waals surface area contributed by atoms with E-state index in [1.165, 1.54) is 12.1 Å². The summed E-state index contributed by atoms with van der Waals surface area (Å²) in [5.74, 6) is 0.208. The van der Waals surface area contributed by atoms with Gasteiger partial charge in [-0.05, 0) is 19.1 Å². The molecule has 0 radical (unpaired) electrons. The van der Waals surface area contributed by atoms with Crippen LogP contribution in [0.15, 0.2) is 22.9 Å². The molecule has 0 fully saturated rings. The fourth-order valence-corrected chi connectivity index (χ4v) is 1.09. The molecule has 0 saturated carbocycles. The third-order valence-corrected chi connectivity index (χ3v) is 1.94. The van der Waals surface area contributed by atoms with Crippen molar-refractivity contribution in [1.82, 2.24) is 15.1 Å². The van der Waals surface area contributed by atoms with E-state index >= 15 is 0 Å². The molecule has 4 nitrogen and oxygen atoms in total. The van der Waals surface area contributed by atoms with Crippen molar-refractivity contribution >= 4 is 11.6 Å². The summed E-state index contributed by atoms with van der Waals surface area (Å²) in [7, 11) is 0. The lowest BCUT2D eigenvalue weighted by molar-refractivity contribution is 0.421. The summed E-state index contributed by atoms with van der Waals surface area (Å²) in [6, 6.07) is 2.74. The van der Waals surface area contributed by atoms with Gasteiger partial charge in [-0.1, -0.05) is 5.16 Å². The third-order valence-electron chi connectivity index (χ3n) is 1.74. The van der Waals surface area contributed by atoms with Crippen LogP contribution in [0.2, 0.25) is 0 Å². The molecule has 0 bridgehead atoms. The lowest BCUT2D eigenvalue weighted by Crippen LogP contribution is -1.88. The summed E-state index contributed by atoms with van der Waals surface area (Å²) >= 11 is 5.76. The van der Waals surface area contributed by atoms with Crippen molar-refractivity contribution in [3.05, 3.63) is 30.0 Å².